The predicted molar refractivity (Wildman–Crippen MR) is 116 cm³/mol. The molecule has 0 radical (unpaired) electrons. The van der Waals surface area contributed by atoms with E-state index < -0.39 is 42.5 Å². The lowest BCUT2D eigenvalue weighted by molar-refractivity contribution is -0.139. The molecule has 1 saturated heterocycles. The monoisotopic (exact) mass is 460 g/mol. The summed E-state index contributed by atoms with van der Waals surface area (Å²) >= 11 is 0. The zero-order valence-corrected chi connectivity index (χ0v) is 18.5. The first-order chi connectivity index (χ1) is 15.7. The first-order valence-corrected chi connectivity index (χ1v) is 11.0. The highest BCUT2D eigenvalue weighted by molar-refractivity contribution is 5.89. The van der Waals surface area contributed by atoms with Gasteiger partial charge in [-0.05, 0) is 41.7 Å². The number of hydrogen-bond acceptors (Lipinski definition) is 4. The van der Waals surface area contributed by atoms with Crippen LogP contribution in [0.3, 0.4) is 0 Å². The number of piperidine rings is 1. The molecule has 1 aliphatic carbocycles. The fourth-order valence-electron chi connectivity index (χ4n) is 4.37. The lowest BCUT2D eigenvalue weighted by atomic mass is 9.95. The van der Waals surface area contributed by atoms with Crippen molar-refractivity contribution in [1.82, 2.24) is 10.2 Å². The Labute approximate surface area is 190 Å². The van der Waals surface area contributed by atoms with Crippen LogP contribution in [0.5, 0.6) is 0 Å². The summed E-state index contributed by atoms with van der Waals surface area (Å²) in [7, 11) is 1.31. The third kappa shape index (κ3) is 5.21. The number of likely N-dealkylation sites (tertiary alicyclic amines) is 1. The number of halogens is 3. The summed E-state index contributed by atoms with van der Waals surface area (Å²) in [6, 6.07) is 12.7. The van der Waals surface area contributed by atoms with Gasteiger partial charge in [0.05, 0.1) is 24.3 Å². The Balaban J connectivity index is 1.49. The van der Waals surface area contributed by atoms with Crippen molar-refractivity contribution < 1.29 is 27.5 Å². The molecular formula is C25H27F3N2O3. The number of ether oxygens (including phenoxy) is 1. The second-order valence-electron chi connectivity index (χ2n) is 8.89. The molecule has 1 aliphatic heterocycles. The maximum absolute atomic E-state index is 14.3. The maximum Gasteiger partial charge on any atom is 0.337 e. The SMILES string of the molecule is COC(=O)c1ccc(C2(NC(=O)C3CC(F)(F)CCN3Cc3ccc(CF)cc3)CC2)cc1. The highest BCUT2D eigenvalue weighted by atomic mass is 19.3. The van der Waals surface area contributed by atoms with E-state index in [2.05, 4.69) is 5.32 Å². The maximum atomic E-state index is 14.3. The number of nitrogens with one attached hydrogen (secondary N) is 1. The Morgan fingerprint density at radius 3 is 2.24 bits per heavy atom. The third-order valence-corrected chi connectivity index (χ3v) is 6.53. The van der Waals surface area contributed by atoms with E-state index in [1.807, 2.05) is 0 Å². The van der Waals surface area contributed by atoms with Crippen LogP contribution in [0.15, 0.2) is 48.5 Å². The molecule has 2 aliphatic rings. The van der Waals surface area contributed by atoms with Crippen LogP contribution in [0.1, 0.15) is 52.7 Å². The number of carbonyl (C=O) groups is 2. The van der Waals surface area contributed by atoms with Gasteiger partial charge >= 0.3 is 5.97 Å². The van der Waals surface area contributed by atoms with Gasteiger partial charge in [-0.1, -0.05) is 36.4 Å². The minimum Gasteiger partial charge on any atom is -0.465 e. The van der Waals surface area contributed by atoms with Crippen molar-refractivity contribution in [1.29, 1.82) is 0 Å². The lowest BCUT2D eigenvalue weighted by Gasteiger charge is -2.39. The smallest absolute Gasteiger partial charge is 0.337 e. The number of amides is 1. The number of methoxy groups -OCH3 is 1. The van der Waals surface area contributed by atoms with E-state index >= 15 is 0 Å². The van der Waals surface area contributed by atoms with E-state index in [1.165, 1.54) is 7.11 Å². The van der Waals surface area contributed by atoms with Gasteiger partial charge < -0.3 is 10.1 Å². The van der Waals surface area contributed by atoms with Crippen molar-refractivity contribution in [3.05, 3.63) is 70.8 Å². The molecule has 0 bridgehead atoms. The number of hydrogen-bond donors (Lipinski definition) is 1. The number of nitrogens with zero attached hydrogens (tertiary/aromatic N) is 1. The second kappa shape index (κ2) is 9.17. The number of rotatable bonds is 7. The molecule has 8 heteroatoms. The largest absolute Gasteiger partial charge is 0.465 e. The van der Waals surface area contributed by atoms with Gasteiger partial charge in [0.1, 0.15) is 6.67 Å². The molecule has 1 atom stereocenters. The number of esters is 1. The molecule has 1 N–H and O–H groups in total. The molecule has 0 aromatic heterocycles. The van der Waals surface area contributed by atoms with Crippen LogP contribution < -0.4 is 5.32 Å². The van der Waals surface area contributed by atoms with Gasteiger partial charge in [0.15, 0.2) is 0 Å². The molecular weight excluding hydrogens is 433 g/mol. The molecule has 1 unspecified atom stereocenters. The molecule has 2 fully saturated rings. The van der Waals surface area contributed by atoms with Gasteiger partial charge in [0.25, 0.3) is 5.92 Å². The van der Waals surface area contributed by atoms with Gasteiger partial charge in [0.2, 0.25) is 5.91 Å². The Hall–Kier alpha value is -2.87. The van der Waals surface area contributed by atoms with Gasteiger partial charge in [-0.25, -0.2) is 18.0 Å². The van der Waals surface area contributed by atoms with Gasteiger partial charge in [-0.15, -0.1) is 0 Å². The van der Waals surface area contributed by atoms with Crippen molar-refractivity contribution >= 4 is 11.9 Å². The summed E-state index contributed by atoms with van der Waals surface area (Å²) in [5.41, 5.74) is 2.02. The molecule has 33 heavy (non-hydrogen) atoms. The third-order valence-electron chi connectivity index (χ3n) is 6.53. The first kappa shape index (κ1) is 23.3. The molecule has 1 saturated carbocycles. The van der Waals surface area contributed by atoms with Crippen LogP contribution in [0.2, 0.25) is 0 Å². The number of alkyl halides is 3. The van der Waals surface area contributed by atoms with Crippen molar-refractivity contribution in [3.8, 4) is 0 Å². The molecule has 176 valence electrons. The predicted octanol–water partition coefficient (Wildman–Crippen LogP) is 4.35. The Kier molecular flexibility index (Phi) is 6.47. The zero-order valence-electron chi connectivity index (χ0n) is 18.5. The molecule has 0 spiro atoms. The summed E-state index contributed by atoms with van der Waals surface area (Å²) < 4.78 is 46.0. The van der Waals surface area contributed by atoms with Crippen molar-refractivity contribution in [3.63, 3.8) is 0 Å². The van der Waals surface area contributed by atoms with Gasteiger partial charge in [-0.3, -0.25) is 9.69 Å². The summed E-state index contributed by atoms with van der Waals surface area (Å²) in [6.45, 7) is -0.137. The van der Waals surface area contributed by atoms with Crippen molar-refractivity contribution in [2.45, 2.75) is 56.4 Å². The quantitative estimate of drug-likeness (QED) is 0.625. The summed E-state index contributed by atoms with van der Waals surface area (Å²) in [5.74, 6) is -3.78. The van der Waals surface area contributed by atoms with Crippen molar-refractivity contribution in [2.75, 3.05) is 13.7 Å². The van der Waals surface area contributed by atoms with E-state index in [0.717, 1.165) is 11.1 Å². The fourth-order valence-corrected chi connectivity index (χ4v) is 4.37. The Morgan fingerprint density at radius 1 is 1.03 bits per heavy atom. The fraction of sp³-hybridized carbons (Fsp3) is 0.440. The first-order valence-electron chi connectivity index (χ1n) is 11.0. The minimum absolute atomic E-state index is 0.0940. The minimum atomic E-state index is -2.91. The lowest BCUT2D eigenvalue weighted by Crippen LogP contribution is -2.55. The standard InChI is InChI=1S/C25H27F3N2O3/c1-33-23(32)19-6-8-20(9-7-19)24(10-11-24)29-22(31)21-14-25(27,28)12-13-30(21)16-18-4-2-17(15-26)3-5-18/h2-9,21H,10-16H2,1H3,(H,29,31). The Morgan fingerprint density at radius 2 is 1.67 bits per heavy atom. The average molecular weight is 460 g/mol. The second-order valence-corrected chi connectivity index (χ2v) is 8.89. The van der Waals surface area contributed by atoms with Crippen molar-refractivity contribution in [2.24, 2.45) is 0 Å². The van der Waals surface area contributed by atoms with Gasteiger partial charge in [0, 0.05) is 25.9 Å². The van der Waals surface area contributed by atoms with E-state index in [9.17, 15) is 22.8 Å². The summed E-state index contributed by atoms with van der Waals surface area (Å²) in [4.78, 5) is 26.7. The van der Waals surface area contributed by atoms with Crippen LogP contribution in [0.4, 0.5) is 13.2 Å². The topological polar surface area (TPSA) is 58.6 Å². The van der Waals surface area contributed by atoms with Gasteiger partial charge in [-0.2, -0.15) is 0 Å². The molecule has 5 nitrogen and oxygen atoms in total. The van der Waals surface area contributed by atoms with Crippen LogP contribution in [0.25, 0.3) is 0 Å². The normalized spacial score (nSPS) is 21.3. The molecule has 1 heterocycles. The van der Waals surface area contributed by atoms with E-state index in [4.69, 9.17) is 4.74 Å². The Bertz CT molecular complexity index is 1000. The molecule has 1 amide bonds. The molecule has 2 aromatic rings. The summed E-state index contributed by atoms with van der Waals surface area (Å²) in [6.07, 6.45) is 0.548. The van der Waals surface area contributed by atoms with Crippen LogP contribution in [0, 0.1) is 0 Å². The van der Waals surface area contributed by atoms with E-state index in [0.29, 0.717) is 30.5 Å². The summed E-state index contributed by atoms with van der Waals surface area (Å²) in [5, 5.41) is 3.01. The van der Waals surface area contributed by atoms with E-state index in [-0.39, 0.29) is 13.0 Å². The number of benzene rings is 2. The van der Waals surface area contributed by atoms with E-state index in [1.54, 1.807) is 53.4 Å². The highest BCUT2D eigenvalue weighted by Crippen LogP contribution is 2.46. The van der Waals surface area contributed by atoms with Crippen LogP contribution >= 0.6 is 0 Å². The highest BCUT2D eigenvalue weighted by Gasteiger charge is 2.49. The molecule has 4 rings (SSSR count). The van der Waals surface area contributed by atoms with Crippen LogP contribution in [-0.2, 0) is 28.3 Å². The average Bonchev–Trinajstić information content (AvgIpc) is 3.60. The number of carbonyl (C=O) groups excluding carboxylic acids is 2. The molecule has 2 aromatic carbocycles. The zero-order chi connectivity index (χ0) is 23.6. The van der Waals surface area contributed by atoms with Crippen LogP contribution in [-0.4, -0.2) is 42.4 Å².